The van der Waals surface area contributed by atoms with E-state index in [0.29, 0.717) is 11.7 Å². The summed E-state index contributed by atoms with van der Waals surface area (Å²) in [4.78, 5) is 26.9. The van der Waals surface area contributed by atoms with Gasteiger partial charge in [0.05, 0.1) is 12.5 Å². The van der Waals surface area contributed by atoms with Gasteiger partial charge >= 0.3 is 5.97 Å². The van der Waals surface area contributed by atoms with E-state index >= 15 is 0 Å². The van der Waals surface area contributed by atoms with E-state index in [4.69, 9.17) is 9.15 Å². The average Bonchev–Trinajstić information content (AvgIpc) is 3.47. The van der Waals surface area contributed by atoms with Gasteiger partial charge in [-0.25, -0.2) is 0 Å². The molecule has 2 heterocycles. The average molecular weight is 463 g/mol. The Morgan fingerprint density at radius 2 is 2.12 bits per heavy atom. The van der Waals surface area contributed by atoms with Gasteiger partial charge in [0.15, 0.2) is 0 Å². The summed E-state index contributed by atoms with van der Waals surface area (Å²) >= 11 is 0. The molecule has 1 aromatic heterocycles. The van der Waals surface area contributed by atoms with Gasteiger partial charge in [0.1, 0.15) is 5.75 Å². The largest absolute Gasteiger partial charge is 0.472 e. The van der Waals surface area contributed by atoms with Gasteiger partial charge in [-0.2, -0.15) is 0 Å². The lowest BCUT2D eigenvalue weighted by molar-refractivity contribution is -0.131. The van der Waals surface area contributed by atoms with Crippen LogP contribution >= 0.6 is 0 Å². The van der Waals surface area contributed by atoms with Crippen LogP contribution in [0.15, 0.2) is 53.4 Å². The maximum atomic E-state index is 12.7. The van der Waals surface area contributed by atoms with Crippen LogP contribution in [0.25, 0.3) is 6.08 Å². The zero-order valence-electron chi connectivity index (χ0n) is 19.9. The Kier molecular flexibility index (Phi) is 6.59. The van der Waals surface area contributed by atoms with Gasteiger partial charge in [-0.15, -0.1) is 0 Å². The summed E-state index contributed by atoms with van der Waals surface area (Å²) in [6.45, 7) is 4.84. The van der Waals surface area contributed by atoms with E-state index in [9.17, 15) is 9.59 Å². The Morgan fingerprint density at radius 1 is 1.24 bits per heavy atom. The number of benzene rings is 1. The quantitative estimate of drug-likeness (QED) is 0.371. The number of amides is 1. The SMILES string of the molecule is CC(=O)Oc1cccc([C@@]23CCN(CC4CC4)C[C@H]2CC[C@@H](NC(=O)C=Cc2ccoc2)C3)c1. The van der Waals surface area contributed by atoms with E-state index in [-0.39, 0.29) is 23.3 Å². The van der Waals surface area contributed by atoms with Crippen LogP contribution in [-0.4, -0.2) is 42.5 Å². The number of fused-ring (bicyclic) bond motifs is 1. The molecule has 2 saturated carbocycles. The smallest absolute Gasteiger partial charge is 0.308 e. The van der Waals surface area contributed by atoms with E-state index in [2.05, 4.69) is 16.3 Å². The molecule has 180 valence electrons. The summed E-state index contributed by atoms with van der Waals surface area (Å²) in [6.07, 6.45) is 13.4. The van der Waals surface area contributed by atoms with Crippen LogP contribution < -0.4 is 10.1 Å². The Balaban J connectivity index is 1.35. The fraction of sp³-hybridized carbons (Fsp3) is 0.500. The third-order valence-electron chi connectivity index (χ3n) is 7.81. The molecule has 1 amide bonds. The second kappa shape index (κ2) is 9.79. The second-order valence-corrected chi connectivity index (χ2v) is 10.3. The number of esters is 1. The Morgan fingerprint density at radius 3 is 2.88 bits per heavy atom. The van der Waals surface area contributed by atoms with Crippen molar-refractivity contribution in [2.24, 2.45) is 11.8 Å². The molecule has 1 N–H and O–H groups in total. The minimum absolute atomic E-state index is 0.0271. The van der Waals surface area contributed by atoms with Crippen molar-refractivity contribution in [3.05, 3.63) is 60.1 Å². The first-order chi connectivity index (χ1) is 16.5. The number of carbonyl (C=O) groups is 2. The molecule has 0 radical (unpaired) electrons. The highest BCUT2D eigenvalue weighted by Crippen LogP contribution is 2.50. The van der Waals surface area contributed by atoms with Crippen LogP contribution in [0.1, 0.15) is 56.6 Å². The number of piperidine rings is 1. The van der Waals surface area contributed by atoms with E-state index in [1.165, 1.54) is 31.9 Å². The number of likely N-dealkylation sites (tertiary alicyclic amines) is 1. The lowest BCUT2D eigenvalue weighted by Gasteiger charge is -2.53. The van der Waals surface area contributed by atoms with Gasteiger partial charge in [0.2, 0.25) is 5.91 Å². The minimum Gasteiger partial charge on any atom is -0.472 e. The minimum atomic E-state index is -0.302. The molecular formula is C28H34N2O4. The normalized spacial score (nSPS) is 27.3. The van der Waals surface area contributed by atoms with E-state index < -0.39 is 0 Å². The Labute approximate surface area is 201 Å². The van der Waals surface area contributed by atoms with Gasteiger partial charge in [-0.05, 0) is 86.7 Å². The number of hydrogen-bond donors (Lipinski definition) is 1. The third kappa shape index (κ3) is 5.27. The van der Waals surface area contributed by atoms with Crippen molar-refractivity contribution in [3.8, 4) is 5.75 Å². The molecule has 6 heteroatoms. The fourth-order valence-corrected chi connectivity index (χ4v) is 6.00. The first-order valence-corrected chi connectivity index (χ1v) is 12.5. The van der Waals surface area contributed by atoms with Gasteiger partial charge in [-0.3, -0.25) is 9.59 Å². The summed E-state index contributed by atoms with van der Waals surface area (Å²) < 4.78 is 10.5. The van der Waals surface area contributed by atoms with Crippen LogP contribution in [0.3, 0.4) is 0 Å². The number of nitrogens with zero attached hydrogens (tertiary/aromatic N) is 1. The molecule has 5 rings (SSSR count). The molecule has 2 aliphatic carbocycles. The van der Waals surface area contributed by atoms with Gasteiger partial charge in [0.25, 0.3) is 0 Å². The number of furan rings is 1. The Bertz CT molecular complexity index is 1040. The summed E-state index contributed by atoms with van der Waals surface area (Å²) in [5.41, 5.74) is 2.08. The maximum absolute atomic E-state index is 12.7. The first kappa shape index (κ1) is 22.9. The standard InChI is InChI=1S/C28H34N2O4/c1-20(31)34-26-4-2-3-23(15-26)28-12-13-30(17-21-5-6-21)18-24(28)8-9-25(16-28)29-27(32)10-7-22-11-14-33-19-22/h2-4,7,10-11,14-15,19,21,24-25H,5-6,8-9,12-13,16-18H2,1H3,(H,29,32)/t24-,25-,28+/m1/s1. The van der Waals surface area contributed by atoms with E-state index in [1.807, 2.05) is 24.3 Å². The molecule has 0 bridgehead atoms. The first-order valence-electron chi connectivity index (χ1n) is 12.5. The number of ether oxygens (including phenoxy) is 1. The highest BCUT2D eigenvalue weighted by Gasteiger charge is 2.48. The number of rotatable bonds is 7. The number of hydrogen-bond acceptors (Lipinski definition) is 5. The van der Waals surface area contributed by atoms with Gasteiger partial charge in [0, 0.05) is 43.1 Å². The summed E-state index contributed by atoms with van der Waals surface area (Å²) in [7, 11) is 0. The summed E-state index contributed by atoms with van der Waals surface area (Å²) in [5.74, 6) is 1.65. The summed E-state index contributed by atoms with van der Waals surface area (Å²) in [6, 6.07) is 10.0. The van der Waals surface area contributed by atoms with E-state index in [1.54, 1.807) is 24.7 Å². The molecule has 3 atom stereocenters. The van der Waals surface area contributed by atoms with Gasteiger partial charge in [-0.1, -0.05) is 12.1 Å². The fourth-order valence-electron chi connectivity index (χ4n) is 6.00. The molecular weight excluding hydrogens is 428 g/mol. The molecule has 6 nitrogen and oxygen atoms in total. The van der Waals surface area contributed by atoms with Crippen LogP contribution in [-0.2, 0) is 15.0 Å². The van der Waals surface area contributed by atoms with Crippen molar-refractivity contribution in [3.63, 3.8) is 0 Å². The van der Waals surface area contributed by atoms with Crippen molar-refractivity contribution in [1.82, 2.24) is 10.2 Å². The molecule has 2 aromatic rings. The number of nitrogens with one attached hydrogen (secondary N) is 1. The molecule has 1 aromatic carbocycles. The predicted octanol–water partition coefficient (Wildman–Crippen LogP) is 4.56. The van der Waals surface area contributed by atoms with Crippen molar-refractivity contribution >= 4 is 18.0 Å². The predicted molar refractivity (Wildman–Crippen MR) is 130 cm³/mol. The van der Waals surface area contributed by atoms with Crippen LogP contribution in [0, 0.1) is 11.8 Å². The Hall–Kier alpha value is -2.86. The lowest BCUT2D eigenvalue weighted by atomic mass is 9.58. The van der Waals surface area contributed by atoms with Crippen LogP contribution in [0.5, 0.6) is 5.75 Å². The van der Waals surface area contributed by atoms with Crippen LogP contribution in [0.2, 0.25) is 0 Å². The molecule has 34 heavy (non-hydrogen) atoms. The van der Waals surface area contributed by atoms with Crippen molar-refractivity contribution in [1.29, 1.82) is 0 Å². The molecule has 0 spiro atoms. The topological polar surface area (TPSA) is 71.8 Å². The maximum Gasteiger partial charge on any atom is 0.308 e. The monoisotopic (exact) mass is 462 g/mol. The van der Waals surface area contributed by atoms with Crippen molar-refractivity contribution in [2.75, 3.05) is 19.6 Å². The molecule has 1 aliphatic heterocycles. The number of carbonyl (C=O) groups excluding carboxylic acids is 2. The molecule has 3 aliphatic rings. The third-order valence-corrected chi connectivity index (χ3v) is 7.81. The van der Waals surface area contributed by atoms with E-state index in [0.717, 1.165) is 50.3 Å². The second-order valence-electron chi connectivity index (χ2n) is 10.3. The lowest BCUT2D eigenvalue weighted by Crippen LogP contribution is -2.56. The molecule has 0 unspecified atom stereocenters. The molecule has 3 fully saturated rings. The molecule has 1 saturated heterocycles. The highest BCUT2D eigenvalue weighted by atomic mass is 16.5. The highest BCUT2D eigenvalue weighted by molar-refractivity contribution is 5.91. The summed E-state index contributed by atoms with van der Waals surface area (Å²) in [5, 5.41) is 3.25. The van der Waals surface area contributed by atoms with Crippen molar-refractivity contribution < 1.29 is 18.7 Å². The zero-order valence-corrected chi connectivity index (χ0v) is 19.9. The van der Waals surface area contributed by atoms with Crippen molar-refractivity contribution in [2.45, 2.75) is 56.9 Å². The van der Waals surface area contributed by atoms with Gasteiger partial charge < -0.3 is 19.4 Å². The zero-order chi connectivity index (χ0) is 23.5. The van der Waals surface area contributed by atoms with Crippen LogP contribution in [0.4, 0.5) is 0 Å².